The predicted molar refractivity (Wildman–Crippen MR) is 135 cm³/mol. The van der Waals surface area contributed by atoms with E-state index in [0.717, 1.165) is 6.54 Å². The van der Waals surface area contributed by atoms with E-state index >= 15 is 0 Å². The second-order valence-corrected chi connectivity index (χ2v) is 8.72. The van der Waals surface area contributed by atoms with E-state index in [4.69, 9.17) is 26.8 Å². The molecule has 1 aliphatic heterocycles. The summed E-state index contributed by atoms with van der Waals surface area (Å²) in [5.74, 6) is 0.148. The molecule has 4 rings (SSSR count). The molecule has 0 bridgehead atoms. The first kappa shape index (κ1) is 24.1. The van der Waals surface area contributed by atoms with Gasteiger partial charge < -0.3 is 20.5 Å². The number of nitrogens with two attached hydrogens (primary N) is 1. The van der Waals surface area contributed by atoms with Crippen molar-refractivity contribution in [2.45, 2.75) is 25.6 Å². The maximum absolute atomic E-state index is 12.9. The van der Waals surface area contributed by atoms with Gasteiger partial charge in [-0.05, 0) is 24.1 Å². The predicted octanol–water partition coefficient (Wildman–Crippen LogP) is 4.69. The van der Waals surface area contributed by atoms with E-state index in [9.17, 15) is 4.79 Å². The Morgan fingerprint density at radius 1 is 1.15 bits per heavy atom. The van der Waals surface area contributed by atoms with Gasteiger partial charge in [0, 0.05) is 25.7 Å². The summed E-state index contributed by atoms with van der Waals surface area (Å²) in [5, 5.41) is 3.30. The lowest BCUT2D eigenvalue weighted by molar-refractivity contribution is -0.0660. The molecule has 0 radical (unpaired) electrons. The van der Waals surface area contributed by atoms with Crippen LogP contribution in [0.2, 0.25) is 5.02 Å². The fourth-order valence-corrected chi connectivity index (χ4v) is 4.36. The van der Waals surface area contributed by atoms with Gasteiger partial charge in [0.1, 0.15) is 5.75 Å². The molecule has 3 aromatic carbocycles. The van der Waals surface area contributed by atoms with Gasteiger partial charge in [-0.25, -0.2) is 0 Å². The fourth-order valence-electron chi connectivity index (χ4n) is 4.20. The standard InChI is InChI=1S/C27H30ClN3O3/c1-2-33-26-14-24(29)23(28)13-22(26)27(32)30-15-21-17-31(16-19-9-5-3-6-10-19)25(18-34-21)20-11-7-4-8-12-20/h3-14,21,25H,2,15-18,29H2,1H3,(H,30,32). The van der Waals surface area contributed by atoms with Crippen molar-refractivity contribution in [3.63, 3.8) is 0 Å². The molecule has 0 aliphatic carbocycles. The molecule has 1 heterocycles. The highest BCUT2D eigenvalue weighted by atomic mass is 35.5. The minimum Gasteiger partial charge on any atom is -0.493 e. The first-order valence-corrected chi connectivity index (χ1v) is 11.9. The number of morpholine rings is 1. The topological polar surface area (TPSA) is 76.8 Å². The molecule has 3 N–H and O–H groups in total. The van der Waals surface area contributed by atoms with Crippen LogP contribution >= 0.6 is 11.6 Å². The zero-order chi connectivity index (χ0) is 23.9. The van der Waals surface area contributed by atoms with Crippen LogP contribution in [0, 0.1) is 0 Å². The van der Waals surface area contributed by atoms with Gasteiger partial charge in [-0.1, -0.05) is 72.3 Å². The number of nitrogen functional groups attached to an aromatic ring is 1. The van der Waals surface area contributed by atoms with E-state index in [2.05, 4.69) is 58.7 Å². The van der Waals surface area contributed by atoms with E-state index in [1.54, 1.807) is 12.1 Å². The smallest absolute Gasteiger partial charge is 0.255 e. The number of amides is 1. The van der Waals surface area contributed by atoms with Crippen LogP contribution in [0.15, 0.2) is 72.8 Å². The zero-order valence-electron chi connectivity index (χ0n) is 19.2. The minimum absolute atomic E-state index is 0.146. The summed E-state index contributed by atoms with van der Waals surface area (Å²) >= 11 is 6.16. The van der Waals surface area contributed by atoms with Gasteiger partial charge in [0.25, 0.3) is 5.91 Å². The van der Waals surface area contributed by atoms with Crippen molar-refractivity contribution in [1.82, 2.24) is 10.2 Å². The second-order valence-electron chi connectivity index (χ2n) is 8.31. The Balaban J connectivity index is 1.45. The number of nitrogens with zero attached hydrogens (tertiary/aromatic N) is 1. The van der Waals surface area contributed by atoms with Gasteiger partial charge in [-0.15, -0.1) is 0 Å². The van der Waals surface area contributed by atoms with Crippen LogP contribution in [0.25, 0.3) is 0 Å². The highest BCUT2D eigenvalue weighted by Gasteiger charge is 2.30. The van der Waals surface area contributed by atoms with Crippen LogP contribution in [0.1, 0.15) is 34.5 Å². The molecule has 0 aromatic heterocycles. The number of hydrogen-bond donors (Lipinski definition) is 2. The average molecular weight is 480 g/mol. The molecule has 0 spiro atoms. The number of benzene rings is 3. The van der Waals surface area contributed by atoms with Crippen LogP contribution in [-0.2, 0) is 11.3 Å². The summed E-state index contributed by atoms with van der Waals surface area (Å²) in [6.45, 7) is 4.69. The van der Waals surface area contributed by atoms with E-state index in [0.29, 0.717) is 48.3 Å². The van der Waals surface area contributed by atoms with E-state index in [1.807, 2.05) is 19.1 Å². The quantitative estimate of drug-likeness (QED) is 0.458. The molecule has 1 aliphatic rings. The number of nitrogens with one attached hydrogen (secondary N) is 1. The summed E-state index contributed by atoms with van der Waals surface area (Å²) < 4.78 is 11.8. The Labute approximate surface area is 205 Å². The number of rotatable bonds is 8. The van der Waals surface area contributed by atoms with Crippen LogP contribution in [0.5, 0.6) is 5.75 Å². The zero-order valence-corrected chi connectivity index (χ0v) is 20.0. The van der Waals surface area contributed by atoms with E-state index in [1.165, 1.54) is 11.1 Å². The molecule has 6 nitrogen and oxygen atoms in total. The van der Waals surface area contributed by atoms with Gasteiger partial charge in [0.05, 0.1) is 41.6 Å². The van der Waals surface area contributed by atoms with Crippen LogP contribution in [0.3, 0.4) is 0 Å². The first-order valence-electron chi connectivity index (χ1n) is 11.5. The molecule has 1 saturated heterocycles. The number of halogens is 1. The van der Waals surface area contributed by atoms with E-state index in [-0.39, 0.29) is 18.1 Å². The average Bonchev–Trinajstić information content (AvgIpc) is 2.86. The highest BCUT2D eigenvalue weighted by molar-refractivity contribution is 6.33. The fraction of sp³-hybridized carbons (Fsp3) is 0.296. The normalized spacial score (nSPS) is 18.4. The minimum atomic E-state index is -0.270. The second kappa shape index (κ2) is 11.4. The molecule has 0 saturated carbocycles. The number of carbonyl (C=O) groups excluding carboxylic acids is 1. The van der Waals surface area contributed by atoms with Crippen molar-refractivity contribution in [1.29, 1.82) is 0 Å². The SMILES string of the molecule is CCOc1cc(N)c(Cl)cc1C(=O)NCC1CN(Cc2ccccc2)C(c2ccccc2)CO1. The van der Waals surface area contributed by atoms with Gasteiger partial charge in [0.2, 0.25) is 0 Å². The van der Waals surface area contributed by atoms with Crippen LogP contribution in [-0.4, -0.2) is 43.2 Å². The van der Waals surface area contributed by atoms with Gasteiger partial charge >= 0.3 is 0 Å². The Morgan fingerprint density at radius 2 is 1.85 bits per heavy atom. The monoisotopic (exact) mass is 479 g/mol. The Morgan fingerprint density at radius 3 is 2.56 bits per heavy atom. The third kappa shape index (κ3) is 5.89. The number of anilines is 1. The van der Waals surface area contributed by atoms with Crippen LogP contribution in [0.4, 0.5) is 5.69 Å². The highest BCUT2D eigenvalue weighted by Crippen LogP contribution is 2.30. The molecule has 7 heteroatoms. The largest absolute Gasteiger partial charge is 0.493 e. The summed E-state index contributed by atoms with van der Waals surface area (Å²) in [4.78, 5) is 15.4. The molecule has 1 amide bonds. The van der Waals surface area contributed by atoms with Crippen LogP contribution < -0.4 is 15.8 Å². The molecule has 178 valence electrons. The van der Waals surface area contributed by atoms with Crippen molar-refractivity contribution in [2.24, 2.45) is 0 Å². The lowest BCUT2D eigenvalue weighted by Crippen LogP contribution is -2.48. The molecule has 2 unspecified atom stereocenters. The Hall–Kier alpha value is -3.06. The van der Waals surface area contributed by atoms with Crippen molar-refractivity contribution in [3.8, 4) is 5.75 Å². The van der Waals surface area contributed by atoms with Crippen molar-refractivity contribution < 1.29 is 14.3 Å². The maximum Gasteiger partial charge on any atom is 0.255 e. The molecule has 2 atom stereocenters. The Bertz CT molecular complexity index is 1100. The van der Waals surface area contributed by atoms with Crippen molar-refractivity contribution in [3.05, 3.63) is 94.5 Å². The summed E-state index contributed by atoms with van der Waals surface area (Å²) in [6.07, 6.45) is -0.146. The van der Waals surface area contributed by atoms with Gasteiger partial charge in [-0.3, -0.25) is 9.69 Å². The third-order valence-corrected chi connectivity index (χ3v) is 6.24. The molecular formula is C27H30ClN3O3. The van der Waals surface area contributed by atoms with E-state index < -0.39 is 0 Å². The first-order chi connectivity index (χ1) is 16.5. The molecular weight excluding hydrogens is 450 g/mol. The summed E-state index contributed by atoms with van der Waals surface area (Å²) in [6, 6.07) is 24.1. The Kier molecular flexibility index (Phi) is 8.06. The number of hydrogen-bond acceptors (Lipinski definition) is 5. The third-order valence-electron chi connectivity index (χ3n) is 5.92. The van der Waals surface area contributed by atoms with Gasteiger partial charge in [-0.2, -0.15) is 0 Å². The number of ether oxygens (including phenoxy) is 2. The van der Waals surface area contributed by atoms with Gasteiger partial charge in [0.15, 0.2) is 0 Å². The molecule has 1 fully saturated rings. The summed E-state index contributed by atoms with van der Waals surface area (Å²) in [7, 11) is 0. The number of carbonyl (C=O) groups is 1. The molecule has 3 aromatic rings. The maximum atomic E-state index is 12.9. The molecule has 34 heavy (non-hydrogen) atoms. The summed E-state index contributed by atoms with van der Waals surface area (Å²) in [5.41, 5.74) is 9.08. The van der Waals surface area contributed by atoms with Crippen molar-refractivity contribution in [2.75, 3.05) is 32.0 Å². The van der Waals surface area contributed by atoms with Crippen molar-refractivity contribution >= 4 is 23.2 Å². The lowest BCUT2D eigenvalue weighted by Gasteiger charge is -2.40. The lowest BCUT2D eigenvalue weighted by atomic mass is 10.0.